The van der Waals surface area contributed by atoms with Crippen molar-refractivity contribution >= 4 is 39.1 Å². The highest BCUT2D eigenvalue weighted by Gasteiger charge is 2.14. The van der Waals surface area contributed by atoms with Crippen molar-refractivity contribution in [2.75, 3.05) is 31.5 Å². The van der Waals surface area contributed by atoms with Gasteiger partial charge in [-0.05, 0) is 61.0 Å². The van der Waals surface area contributed by atoms with Gasteiger partial charge in [0.1, 0.15) is 5.75 Å². The third-order valence-corrected chi connectivity index (χ3v) is 5.47. The number of nitrogens with one attached hydrogen (secondary N) is 2. The van der Waals surface area contributed by atoms with Crippen LogP contribution >= 0.6 is 15.9 Å². The molecule has 3 aromatic rings. The molecule has 0 spiro atoms. The number of carbonyl (C=O) groups is 2. The number of ether oxygens (including phenoxy) is 3. The molecule has 166 valence electrons. The molecule has 0 fully saturated rings. The van der Waals surface area contributed by atoms with E-state index >= 15 is 0 Å². The summed E-state index contributed by atoms with van der Waals surface area (Å²) in [5, 5.41) is 5.59. The van der Waals surface area contributed by atoms with Crippen molar-refractivity contribution in [3.05, 3.63) is 76.3 Å². The summed E-state index contributed by atoms with van der Waals surface area (Å²) in [5.74, 6) is 0.595. The fourth-order valence-electron chi connectivity index (χ4n) is 2.93. The fraction of sp³-hybridized carbons (Fsp3) is 0.167. The van der Waals surface area contributed by atoms with E-state index in [0.29, 0.717) is 34.2 Å². The topological polar surface area (TPSA) is 85.9 Å². The van der Waals surface area contributed by atoms with E-state index in [1.807, 2.05) is 31.2 Å². The zero-order valence-corrected chi connectivity index (χ0v) is 19.5. The van der Waals surface area contributed by atoms with Gasteiger partial charge in [0.15, 0.2) is 18.1 Å². The predicted molar refractivity (Wildman–Crippen MR) is 127 cm³/mol. The third kappa shape index (κ3) is 5.79. The fourth-order valence-corrected chi connectivity index (χ4v) is 3.18. The van der Waals surface area contributed by atoms with Gasteiger partial charge in [0.25, 0.3) is 11.8 Å². The Kier molecular flexibility index (Phi) is 7.72. The number of methoxy groups -OCH3 is 2. The number of rotatable bonds is 8. The maximum Gasteiger partial charge on any atom is 0.262 e. The number of aryl methyl sites for hydroxylation is 1. The lowest BCUT2D eigenvalue weighted by Crippen LogP contribution is -2.20. The first kappa shape index (κ1) is 23.1. The summed E-state index contributed by atoms with van der Waals surface area (Å²) >= 11 is 3.44. The first-order valence-electron chi connectivity index (χ1n) is 9.72. The third-order valence-electron chi connectivity index (χ3n) is 4.58. The monoisotopic (exact) mass is 498 g/mol. The molecule has 7 nitrogen and oxygen atoms in total. The second kappa shape index (κ2) is 10.7. The molecule has 2 N–H and O–H groups in total. The lowest BCUT2D eigenvalue weighted by Gasteiger charge is -2.13. The number of benzene rings is 3. The van der Waals surface area contributed by atoms with Crippen LogP contribution in [0.15, 0.2) is 65.1 Å². The molecule has 3 aromatic carbocycles. The van der Waals surface area contributed by atoms with Crippen LogP contribution < -0.4 is 24.8 Å². The van der Waals surface area contributed by atoms with E-state index in [1.165, 1.54) is 14.2 Å². The van der Waals surface area contributed by atoms with E-state index in [1.54, 1.807) is 36.4 Å². The van der Waals surface area contributed by atoms with Gasteiger partial charge in [0.2, 0.25) is 0 Å². The minimum absolute atomic E-state index is 0.238. The van der Waals surface area contributed by atoms with Gasteiger partial charge in [-0.2, -0.15) is 0 Å². The van der Waals surface area contributed by atoms with Gasteiger partial charge in [0.05, 0.1) is 19.9 Å². The molecule has 0 aliphatic carbocycles. The highest BCUT2D eigenvalue weighted by atomic mass is 79.9. The molecule has 0 saturated heterocycles. The molecule has 0 atom stereocenters. The van der Waals surface area contributed by atoms with E-state index in [-0.39, 0.29) is 18.4 Å². The van der Waals surface area contributed by atoms with Crippen LogP contribution in [0.4, 0.5) is 11.4 Å². The van der Waals surface area contributed by atoms with Crippen molar-refractivity contribution in [1.82, 2.24) is 0 Å². The van der Waals surface area contributed by atoms with Gasteiger partial charge in [-0.25, -0.2) is 0 Å². The van der Waals surface area contributed by atoms with Gasteiger partial charge >= 0.3 is 0 Å². The summed E-state index contributed by atoms with van der Waals surface area (Å²) in [4.78, 5) is 24.9. The van der Waals surface area contributed by atoms with Crippen LogP contribution in [0, 0.1) is 6.92 Å². The SMILES string of the molecule is COc1ccccc1NC(=O)COc1ccc(C(=O)Nc2ccc(Br)c(C)c2)cc1OC. The minimum atomic E-state index is -0.357. The quantitative estimate of drug-likeness (QED) is 0.454. The summed E-state index contributed by atoms with van der Waals surface area (Å²) < 4.78 is 17.1. The second-order valence-electron chi connectivity index (χ2n) is 6.82. The number of halogens is 1. The Morgan fingerprint density at radius 3 is 2.34 bits per heavy atom. The Morgan fingerprint density at radius 1 is 0.875 bits per heavy atom. The average molecular weight is 499 g/mol. The zero-order valence-electron chi connectivity index (χ0n) is 17.9. The Balaban J connectivity index is 1.65. The zero-order chi connectivity index (χ0) is 23.1. The molecule has 3 rings (SSSR count). The Hall–Kier alpha value is -3.52. The van der Waals surface area contributed by atoms with Crippen LogP contribution in [0.2, 0.25) is 0 Å². The van der Waals surface area contributed by atoms with Gasteiger partial charge < -0.3 is 24.8 Å². The van der Waals surface area contributed by atoms with Gasteiger partial charge in [-0.3, -0.25) is 9.59 Å². The van der Waals surface area contributed by atoms with E-state index < -0.39 is 0 Å². The largest absolute Gasteiger partial charge is 0.495 e. The van der Waals surface area contributed by atoms with E-state index in [9.17, 15) is 9.59 Å². The van der Waals surface area contributed by atoms with Crippen molar-refractivity contribution in [2.45, 2.75) is 6.92 Å². The normalized spacial score (nSPS) is 10.2. The van der Waals surface area contributed by atoms with Crippen molar-refractivity contribution in [1.29, 1.82) is 0 Å². The highest BCUT2D eigenvalue weighted by Crippen LogP contribution is 2.29. The standard InChI is InChI=1S/C24H23BrN2O5/c1-15-12-17(9-10-18(15)25)26-24(29)16-8-11-21(22(13-16)31-3)32-14-23(28)27-19-6-4-5-7-20(19)30-2/h4-13H,14H2,1-3H3,(H,26,29)(H,27,28). The van der Waals surface area contributed by atoms with Crippen molar-refractivity contribution in [3.63, 3.8) is 0 Å². The molecule has 0 aliphatic heterocycles. The predicted octanol–water partition coefficient (Wildman–Crippen LogP) is 5.04. The Labute approximate surface area is 194 Å². The maximum absolute atomic E-state index is 12.6. The van der Waals surface area contributed by atoms with Crippen LogP contribution in [-0.4, -0.2) is 32.6 Å². The lowest BCUT2D eigenvalue weighted by molar-refractivity contribution is -0.118. The molecule has 0 saturated carbocycles. The average Bonchev–Trinajstić information content (AvgIpc) is 2.80. The first-order valence-corrected chi connectivity index (χ1v) is 10.5. The number of hydrogen-bond donors (Lipinski definition) is 2. The number of hydrogen-bond acceptors (Lipinski definition) is 5. The smallest absolute Gasteiger partial charge is 0.262 e. The number of amides is 2. The Morgan fingerprint density at radius 2 is 1.62 bits per heavy atom. The van der Waals surface area contributed by atoms with Crippen LogP contribution in [0.1, 0.15) is 15.9 Å². The maximum atomic E-state index is 12.6. The molecule has 0 bridgehead atoms. The van der Waals surface area contributed by atoms with E-state index in [4.69, 9.17) is 14.2 Å². The number of para-hydroxylation sites is 2. The summed E-state index contributed by atoms with van der Waals surface area (Å²) in [5.41, 5.74) is 2.64. The van der Waals surface area contributed by atoms with Crippen LogP contribution in [0.5, 0.6) is 17.2 Å². The minimum Gasteiger partial charge on any atom is -0.495 e. The van der Waals surface area contributed by atoms with Crippen LogP contribution in [0.25, 0.3) is 0 Å². The molecule has 8 heteroatoms. The summed E-state index contributed by atoms with van der Waals surface area (Å²) in [6, 6.07) is 17.4. The summed E-state index contributed by atoms with van der Waals surface area (Å²) in [6.45, 7) is 1.71. The lowest BCUT2D eigenvalue weighted by atomic mass is 10.1. The highest BCUT2D eigenvalue weighted by molar-refractivity contribution is 9.10. The number of carbonyl (C=O) groups excluding carboxylic acids is 2. The van der Waals surface area contributed by atoms with E-state index in [2.05, 4.69) is 26.6 Å². The molecular formula is C24H23BrN2O5. The van der Waals surface area contributed by atoms with Crippen LogP contribution in [-0.2, 0) is 4.79 Å². The van der Waals surface area contributed by atoms with Crippen molar-refractivity contribution in [3.8, 4) is 17.2 Å². The van der Waals surface area contributed by atoms with Crippen molar-refractivity contribution in [2.24, 2.45) is 0 Å². The molecule has 32 heavy (non-hydrogen) atoms. The van der Waals surface area contributed by atoms with Gasteiger partial charge in [-0.15, -0.1) is 0 Å². The molecule has 0 aromatic heterocycles. The molecular weight excluding hydrogens is 476 g/mol. The molecule has 0 unspecified atom stereocenters. The first-order chi connectivity index (χ1) is 15.4. The molecule has 0 radical (unpaired) electrons. The summed E-state index contributed by atoms with van der Waals surface area (Å²) in [7, 11) is 3.00. The van der Waals surface area contributed by atoms with Crippen LogP contribution in [0.3, 0.4) is 0 Å². The van der Waals surface area contributed by atoms with Gasteiger partial charge in [-0.1, -0.05) is 28.1 Å². The van der Waals surface area contributed by atoms with Gasteiger partial charge in [0, 0.05) is 15.7 Å². The second-order valence-corrected chi connectivity index (χ2v) is 7.68. The molecule has 2 amide bonds. The molecule has 0 heterocycles. The van der Waals surface area contributed by atoms with Crippen molar-refractivity contribution < 1.29 is 23.8 Å². The summed E-state index contributed by atoms with van der Waals surface area (Å²) in [6.07, 6.45) is 0. The Bertz CT molecular complexity index is 1130. The number of anilines is 2. The molecule has 0 aliphatic rings. The van der Waals surface area contributed by atoms with E-state index in [0.717, 1.165) is 10.0 Å².